The van der Waals surface area contributed by atoms with E-state index in [4.69, 9.17) is 9.47 Å². The first-order valence-corrected chi connectivity index (χ1v) is 8.00. The minimum Gasteiger partial charge on any atom is -0.494 e. The van der Waals surface area contributed by atoms with Crippen molar-refractivity contribution < 1.29 is 14.3 Å². The van der Waals surface area contributed by atoms with Crippen molar-refractivity contribution in [1.29, 1.82) is 0 Å². The van der Waals surface area contributed by atoms with Crippen LogP contribution in [0.5, 0.6) is 11.5 Å². The molecule has 0 bridgehead atoms. The molecule has 0 fully saturated rings. The monoisotopic (exact) mass is 292 g/mol. The van der Waals surface area contributed by atoms with Crippen molar-refractivity contribution in [2.75, 3.05) is 13.2 Å². The summed E-state index contributed by atoms with van der Waals surface area (Å²) in [6.45, 7) is 9.41. The van der Waals surface area contributed by atoms with Crippen molar-refractivity contribution >= 4 is 5.78 Å². The van der Waals surface area contributed by atoms with E-state index >= 15 is 0 Å². The fraction of sp³-hybridized carbons (Fsp3) is 0.611. The lowest BCUT2D eigenvalue weighted by atomic mass is 9.94. The lowest BCUT2D eigenvalue weighted by Crippen LogP contribution is -2.09. The van der Waals surface area contributed by atoms with Gasteiger partial charge in [0.05, 0.1) is 13.2 Å². The van der Waals surface area contributed by atoms with Gasteiger partial charge in [0, 0.05) is 12.8 Å². The van der Waals surface area contributed by atoms with Crippen LogP contribution in [0.1, 0.15) is 52.5 Å². The SMILES string of the molecule is CCCC(=O)CC(C)Cc1cc(OCC)ccc1OCC. The Kier molecular flexibility index (Phi) is 7.88. The number of ether oxygens (including phenoxy) is 2. The molecule has 0 aliphatic heterocycles. The standard InChI is InChI=1S/C18H28O3/c1-5-8-16(19)12-14(4)11-15-13-17(20-6-2)9-10-18(15)21-7-3/h9-10,13-14H,5-8,11-12H2,1-4H3. The number of benzene rings is 1. The second kappa shape index (κ2) is 9.43. The number of carbonyl (C=O) groups excluding carboxylic acids is 1. The second-order valence-corrected chi connectivity index (χ2v) is 5.44. The largest absolute Gasteiger partial charge is 0.494 e. The maximum absolute atomic E-state index is 11.8. The summed E-state index contributed by atoms with van der Waals surface area (Å²) in [5.41, 5.74) is 1.12. The molecule has 0 spiro atoms. The van der Waals surface area contributed by atoms with Gasteiger partial charge in [0.1, 0.15) is 17.3 Å². The lowest BCUT2D eigenvalue weighted by molar-refractivity contribution is -0.119. The third-order valence-electron chi connectivity index (χ3n) is 3.32. The highest BCUT2D eigenvalue weighted by Crippen LogP contribution is 2.28. The molecule has 1 atom stereocenters. The van der Waals surface area contributed by atoms with Crippen LogP contribution in [0.4, 0.5) is 0 Å². The Balaban J connectivity index is 2.77. The Labute approximate surface area is 128 Å². The molecule has 0 amide bonds. The van der Waals surface area contributed by atoms with Crippen molar-refractivity contribution in [3.8, 4) is 11.5 Å². The molecular formula is C18H28O3. The third-order valence-corrected chi connectivity index (χ3v) is 3.32. The summed E-state index contributed by atoms with van der Waals surface area (Å²) >= 11 is 0. The van der Waals surface area contributed by atoms with Gasteiger partial charge in [-0.1, -0.05) is 13.8 Å². The van der Waals surface area contributed by atoms with E-state index in [1.54, 1.807) is 0 Å². The predicted molar refractivity (Wildman–Crippen MR) is 86.2 cm³/mol. The first-order chi connectivity index (χ1) is 10.1. The zero-order chi connectivity index (χ0) is 15.7. The van der Waals surface area contributed by atoms with Gasteiger partial charge in [-0.3, -0.25) is 4.79 Å². The molecule has 0 saturated heterocycles. The maximum atomic E-state index is 11.8. The molecule has 21 heavy (non-hydrogen) atoms. The molecule has 3 heteroatoms. The summed E-state index contributed by atoms with van der Waals surface area (Å²) < 4.78 is 11.2. The van der Waals surface area contributed by atoms with Gasteiger partial charge in [0.2, 0.25) is 0 Å². The van der Waals surface area contributed by atoms with Crippen LogP contribution in [0, 0.1) is 5.92 Å². The highest BCUT2D eigenvalue weighted by atomic mass is 16.5. The Morgan fingerprint density at radius 3 is 2.48 bits per heavy atom. The Bertz CT molecular complexity index is 440. The van der Waals surface area contributed by atoms with Crippen LogP contribution in [0.3, 0.4) is 0 Å². The smallest absolute Gasteiger partial charge is 0.133 e. The van der Waals surface area contributed by atoms with Crippen molar-refractivity contribution in [3.05, 3.63) is 23.8 Å². The zero-order valence-corrected chi connectivity index (χ0v) is 13.8. The molecule has 0 radical (unpaired) electrons. The highest BCUT2D eigenvalue weighted by molar-refractivity contribution is 5.78. The molecule has 0 saturated carbocycles. The van der Waals surface area contributed by atoms with Gasteiger partial charge in [-0.2, -0.15) is 0 Å². The summed E-state index contributed by atoms with van der Waals surface area (Å²) in [6, 6.07) is 5.94. The molecule has 0 N–H and O–H groups in total. The van der Waals surface area contributed by atoms with Gasteiger partial charge in [-0.15, -0.1) is 0 Å². The maximum Gasteiger partial charge on any atom is 0.133 e. The molecule has 1 aromatic rings. The number of carbonyl (C=O) groups is 1. The second-order valence-electron chi connectivity index (χ2n) is 5.44. The quantitative estimate of drug-likeness (QED) is 0.640. The van der Waals surface area contributed by atoms with Gasteiger partial charge in [-0.05, 0) is 56.4 Å². The fourth-order valence-electron chi connectivity index (χ4n) is 2.49. The molecule has 1 aromatic carbocycles. The Morgan fingerprint density at radius 1 is 1.14 bits per heavy atom. The predicted octanol–water partition coefficient (Wildman–Crippen LogP) is 4.42. The van der Waals surface area contributed by atoms with Crippen molar-refractivity contribution in [2.24, 2.45) is 5.92 Å². The Morgan fingerprint density at radius 2 is 1.86 bits per heavy atom. The van der Waals surface area contributed by atoms with E-state index < -0.39 is 0 Å². The van der Waals surface area contributed by atoms with E-state index in [-0.39, 0.29) is 0 Å². The molecule has 1 rings (SSSR count). The average Bonchev–Trinajstić information content (AvgIpc) is 2.42. The van der Waals surface area contributed by atoms with Crippen LogP contribution < -0.4 is 9.47 Å². The third kappa shape index (κ3) is 6.19. The van der Waals surface area contributed by atoms with Crippen LogP contribution in [0.2, 0.25) is 0 Å². The summed E-state index contributed by atoms with van der Waals surface area (Å²) in [7, 11) is 0. The van der Waals surface area contributed by atoms with E-state index in [1.807, 2.05) is 39.0 Å². The van der Waals surface area contributed by atoms with Gasteiger partial charge in [-0.25, -0.2) is 0 Å². The van der Waals surface area contributed by atoms with E-state index in [9.17, 15) is 4.79 Å². The van der Waals surface area contributed by atoms with Crippen molar-refractivity contribution in [3.63, 3.8) is 0 Å². The number of hydrogen-bond acceptors (Lipinski definition) is 3. The van der Waals surface area contributed by atoms with Crippen LogP contribution in [-0.2, 0) is 11.2 Å². The van der Waals surface area contributed by atoms with Gasteiger partial charge in [0.25, 0.3) is 0 Å². The number of rotatable bonds is 10. The van der Waals surface area contributed by atoms with Gasteiger partial charge >= 0.3 is 0 Å². The summed E-state index contributed by atoms with van der Waals surface area (Å²) in [6.07, 6.45) is 3.08. The summed E-state index contributed by atoms with van der Waals surface area (Å²) in [5, 5.41) is 0. The minimum atomic E-state index is 0.320. The lowest BCUT2D eigenvalue weighted by Gasteiger charge is -2.16. The van der Waals surface area contributed by atoms with E-state index in [2.05, 4.69) is 6.92 Å². The van der Waals surface area contributed by atoms with Crippen LogP contribution in [0.25, 0.3) is 0 Å². The summed E-state index contributed by atoms with van der Waals surface area (Å²) in [5.74, 6) is 2.43. The fourth-order valence-corrected chi connectivity index (χ4v) is 2.49. The van der Waals surface area contributed by atoms with Crippen molar-refractivity contribution in [1.82, 2.24) is 0 Å². The normalized spacial score (nSPS) is 12.0. The number of ketones is 1. The first kappa shape index (κ1) is 17.5. The van der Waals surface area contributed by atoms with Gasteiger partial charge < -0.3 is 9.47 Å². The number of hydrogen-bond donors (Lipinski definition) is 0. The van der Waals surface area contributed by atoms with Crippen LogP contribution >= 0.6 is 0 Å². The zero-order valence-electron chi connectivity index (χ0n) is 13.8. The molecular weight excluding hydrogens is 264 g/mol. The van der Waals surface area contributed by atoms with Crippen LogP contribution in [-0.4, -0.2) is 19.0 Å². The van der Waals surface area contributed by atoms with E-state index in [0.717, 1.165) is 29.9 Å². The molecule has 1 unspecified atom stereocenters. The topological polar surface area (TPSA) is 35.5 Å². The summed E-state index contributed by atoms with van der Waals surface area (Å²) in [4.78, 5) is 11.8. The molecule has 0 aliphatic carbocycles. The molecule has 0 aromatic heterocycles. The van der Waals surface area contributed by atoms with Crippen LogP contribution in [0.15, 0.2) is 18.2 Å². The molecule has 0 heterocycles. The van der Waals surface area contributed by atoms with E-state index in [0.29, 0.717) is 37.8 Å². The first-order valence-electron chi connectivity index (χ1n) is 8.00. The van der Waals surface area contributed by atoms with Crippen molar-refractivity contribution in [2.45, 2.75) is 53.4 Å². The molecule has 118 valence electrons. The van der Waals surface area contributed by atoms with Gasteiger partial charge in [0.15, 0.2) is 0 Å². The average molecular weight is 292 g/mol. The number of Topliss-reactive ketones (excluding diaryl/α,β-unsaturated/α-hetero) is 1. The molecule has 3 nitrogen and oxygen atoms in total. The minimum absolute atomic E-state index is 0.320. The molecule has 0 aliphatic rings. The van der Waals surface area contributed by atoms with E-state index in [1.165, 1.54) is 0 Å². The highest BCUT2D eigenvalue weighted by Gasteiger charge is 2.13. The Hall–Kier alpha value is -1.51.